The predicted octanol–water partition coefficient (Wildman–Crippen LogP) is 3.47. The van der Waals surface area contributed by atoms with Crippen LogP contribution in [0.1, 0.15) is 31.2 Å². The molecule has 2 N–H and O–H groups in total. The molecule has 6 nitrogen and oxygen atoms in total. The molecule has 3 rings (SSSR count). The van der Waals surface area contributed by atoms with E-state index in [4.69, 9.17) is 9.47 Å². The lowest BCUT2D eigenvalue weighted by Crippen LogP contribution is -2.37. The zero-order valence-corrected chi connectivity index (χ0v) is 16.0. The zero-order chi connectivity index (χ0) is 19.8. The van der Waals surface area contributed by atoms with Gasteiger partial charge in [0.25, 0.3) is 5.91 Å². The second-order valence-corrected chi connectivity index (χ2v) is 6.63. The molecule has 0 spiro atoms. The molecule has 0 bridgehead atoms. The number of nitrogens with zero attached hydrogens (tertiary/aromatic N) is 1. The number of pyridine rings is 1. The molecule has 1 aliphatic rings. The lowest BCUT2D eigenvalue weighted by molar-refractivity contribution is -0.165. The zero-order valence-electron chi connectivity index (χ0n) is 16.0. The Morgan fingerprint density at radius 3 is 2.75 bits per heavy atom. The van der Waals surface area contributed by atoms with Gasteiger partial charge < -0.3 is 19.9 Å². The molecule has 1 aromatic carbocycles. The van der Waals surface area contributed by atoms with Gasteiger partial charge >= 0.3 is 0 Å². The molecule has 148 valence electrons. The number of anilines is 1. The molecule has 0 fully saturated rings. The maximum atomic E-state index is 12.8. The summed E-state index contributed by atoms with van der Waals surface area (Å²) in [6.45, 7) is 2.48. The molecule has 0 saturated carbocycles. The topological polar surface area (TPSA) is 80.7 Å². The monoisotopic (exact) mass is 382 g/mol. The number of aliphatic hydroxyl groups is 1. The summed E-state index contributed by atoms with van der Waals surface area (Å²) in [5.74, 6) is -0.146. The predicted molar refractivity (Wildman–Crippen MR) is 106 cm³/mol. The van der Waals surface area contributed by atoms with Crippen LogP contribution in [0.4, 0.5) is 5.69 Å². The second-order valence-electron chi connectivity index (χ2n) is 6.63. The van der Waals surface area contributed by atoms with Gasteiger partial charge in [-0.15, -0.1) is 0 Å². The van der Waals surface area contributed by atoms with Crippen molar-refractivity contribution in [2.24, 2.45) is 5.92 Å². The third kappa shape index (κ3) is 4.97. The fourth-order valence-electron chi connectivity index (χ4n) is 3.45. The average Bonchev–Trinajstić information content (AvgIpc) is 2.74. The van der Waals surface area contributed by atoms with Crippen LogP contribution in [0.5, 0.6) is 0 Å². The second kappa shape index (κ2) is 10.0. The minimum Gasteiger partial charge on any atom is -0.459 e. The number of amides is 1. The number of carbonyl (C=O) groups is 1. The molecule has 28 heavy (non-hydrogen) atoms. The molecule has 0 aliphatic carbocycles. The molecule has 6 heteroatoms. The van der Waals surface area contributed by atoms with Gasteiger partial charge in [-0.25, -0.2) is 0 Å². The first-order valence-corrected chi connectivity index (χ1v) is 9.60. The van der Waals surface area contributed by atoms with Gasteiger partial charge in [-0.1, -0.05) is 30.3 Å². The lowest BCUT2D eigenvalue weighted by atomic mass is 9.80. The van der Waals surface area contributed by atoms with Crippen LogP contribution in [0.25, 0.3) is 0 Å². The van der Waals surface area contributed by atoms with E-state index in [2.05, 4.69) is 10.3 Å². The summed E-state index contributed by atoms with van der Waals surface area (Å²) in [4.78, 5) is 16.8. The first kappa shape index (κ1) is 20.0. The van der Waals surface area contributed by atoms with Gasteiger partial charge in [0.05, 0.1) is 11.9 Å². The molecule has 2 aromatic rings. The summed E-state index contributed by atoms with van der Waals surface area (Å²) in [7, 11) is 0. The maximum Gasteiger partial charge on any atom is 0.290 e. The van der Waals surface area contributed by atoms with E-state index in [1.165, 1.54) is 0 Å². The molecular formula is C22H26N2O4. The van der Waals surface area contributed by atoms with Crippen LogP contribution < -0.4 is 5.32 Å². The highest BCUT2D eigenvalue weighted by Crippen LogP contribution is 2.39. The van der Waals surface area contributed by atoms with Gasteiger partial charge in [0.1, 0.15) is 0 Å². The van der Waals surface area contributed by atoms with Crippen molar-refractivity contribution >= 4 is 11.6 Å². The lowest BCUT2D eigenvalue weighted by Gasteiger charge is -2.37. The van der Waals surface area contributed by atoms with Gasteiger partial charge in [-0.05, 0) is 43.5 Å². The van der Waals surface area contributed by atoms with Crippen molar-refractivity contribution in [1.82, 2.24) is 4.98 Å². The molecule has 1 aliphatic heterocycles. The van der Waals surface area contributed by atoms with E-state index in [1.54, 1.807) is 24.5 Å². The minimum absolute atomic E-state index is 0.00411. The number of benzene rings is 1. The Hall–Kier alpha value is -2.70. The van der Waals surface area contributed by atoms with E-state index in [0.717, 1.165) is 12.0 Å². The van der Waals surface area contributed by atoms with E-state index in [1.807, 2.05) is 43.3 Å². The molecule has 0 radical (unpaired) electrons. The van der Waals surface area contributed by atoms with E-state index >= 15 is 0 Å². The molecule has 0 saturated heterocycles. The number of ether oxygens (including phenoxy) is 2. The van der Waals surface area contributed by atoms with Crippen LogP contribution in [0.2, 0.25) is 0 Å². The number of rotatable bonds is 8. The third-order valence-corrected chi connectivity index (χ3v) is 4.74. The van der Waals surface area contributed by atoms with Crippen molar-refractivity contribution in [3.05, 3.63) is 72.3 Å². The summed E-state index contributed by atoms with van der Waals surface area (Å²) in [6.07, 6.45) is 5.91. The smallest absolute Gasteiger partial charge is 0.290 e. The van der Waals surface area contributed by atoms with Crippen LogP contribution >= 0.6 is 0 Å². The number of hydrogen-bond acceptors (Lipinski definition) is 5. The molecule has 1 aromatic heterocycles. The van der Waals surface area contributed by atoms with E-state index in [-0.39, 0.29) is 30.1 Å². The van der Waals surface area contributed by atoms with Gasteiger partial charge in [-0.2, -0.15) is 0 Å². The average molecular weight is 382 g/mol. The molecule has 2 heterocycles. The largest absolute Gasteiger partial charge is 0.459 e. The number of allylic oxidation sites excluding steroid dienone is 1. The van der Waals surface area contributed by atoms with Crippen LogP contribution in [0.15, 0.2) is 66.7 Å². The maximum absolute atomic E-state index is 12.8. The van der Waals surface area contributed by atoms with Crippen molar-refractivity contribution < 1.29 is 19.4 Å². The first-order chi connectivity index (χ1) is 13.7. The third-order valence-electron chi connectivity index (χ3n) is 4.74. The Morgan fingerprint density at radius 2 is 2.07 bits per heavy atom. The summed E-state index contributed by atoms with van der Waals surface area (Å²) >= 11 is 0. The van der Waals surface area contributed by atoms with Crippen molar-refractivity contribution in [2.45, 2.75) is 32.0 Å². The van der Waals surface area contributed by atoms with Crippen molar-refractivity contribution in [2.75, 3.05) is 18.5 Å². The number of aliphatic hydroxyl groups excluding tert-OH is 1. The van der Waals surface area contributed by atoms with E-state index in [0.29, 0.717) is 18.7 Å². The van der Waals surface area contributed by atoms with Crippen molar-refractivity contribution in [1.29, 1.82) is 0 Å². The molecular weight excluding hydrogens is 356 g/mol. The highest BCUT2D eigenvalue weighted by atomic mass is 16.7. The summed E-state index contributed by atoms with van der Waals surface area (Å²) in [5, 5.41) is 12.1. The highest BCUT2D eigenvalue weighted by molar-refractivity contribution is 6.02. The fraction of sp³-hybridized carbons (Fsp3) is 0.364. The summed E-state index contributed by atoms with van der Waals surface area (Å²) in [5.41, 5.74) is 1.69. The summed E-state index contributed by atoms with van der Waals surface area (Å²) in [6, 6.07) is 13.5. The normalized spacial score (nSPS) is 21.5. The van der Waals surface area contributed by atoms with Crippen molar-refractivity contribution in [3.8, 4) is 0 Å². The first-order valence-electron chi connectivity index (χ1n) is 9.60. The van der Waals surface area contributed by atoms with Gasteiger partial charge in [0.2, 0.25) is 6.29 Å². The van der Waals surface area contributed by atoms with Gasteiger partial charge in [0, 0.05) is 31.2 Å². The Balaban J connectivity index is 1.90. The number of nitrogens with one attached hydrogen (secondary N) is 1. The molecule has 3 atom stereocenters. The van der Waals surface area contributed by atoms with Crippen LogP contribution in [0, 0.1) is 5.92 Å². The van der Waals surface area contributed by atoms with Crippen LogP contribution in [0.3, 0.4) is 0 Å². The SMILES string of the molecule is CCO[C@H]1OC(C(=O)Nc2cccnc2)=C[C@@H](c2ccccc2)[C@H]1CCCO. The van der Waals surface area contributed by atoms with Crippen LogP contribution in [-0.2, 0) is 14.3 Å². The van der Waals surface area contributed by atoms with Crippen LogP contribution in [-0.4, -0.2) is 35.5 Å². The van der Waals surface area contributed by atoms with E-state index < -0.39 is 6.29 Å². The standard InChI is InChI=1S/C22H26N2O4/c1-2-27-22-18(11-7-13-25)19(16-8-4-3-5-9-16)14-20(28-22)21(26)24-17-10-6-12-23-15-17/h3-6,8-10,12,14-15,18-19,22,25H,2,7,11,13H2,1H3,(H,24,26)/t18-,19+,22+/m1/s1. The highest BCUT2D eigenvalue weighted by Gasteiger charge is 2.37. The molecule has 1 amide bonds. The number of hydrogen-bond donors (Lipinski definition) is 2. The molecule has 0 unspecified atom stereocenters. The minimum atomic E-state index is -0.554. The Labute approximate surface area is 165 Å². The Morgan fingerprint density at radius 1 is 1.25 bits per heavy atom. The number of carbonyl (C=O) groups excluding carboxylic acids is 1. The Kier molecular flexibility index (Phi) is 7.17. The fourth-order valence-corrected chi connectivity index (χ4v) is 3.45. The van der Waals surface area contributed by atoms with Crippen molar-refractivity contribution in [3.63, 3.8) is 0 Å². The van der Waals surface area contributed by atoms with Gasteiger partial charge in [-0.3, -0.25) is 9.78 Å². The number of aromatic nitrogens is 1. The Bertz CT molecular complexity index is 780. The quantitative estimate of drug-likeness (QED) is 0.731. The van der Waals surface area contributed by atoms with Gasteiger partial charge in [0.15, 0.2) is 5.76 Å². The van der Waals surface area contributed by atoms with E-state index in [9.17, 15) is 9.90 Å². The summed E-state index contributed by atoms with van der Waals surface area (Å²) < 4.78 is 11.8.